The van der Waals surface area contributed by atoms with Gasteiger partial charge in [0, 0.05) is 13.0 Å². The number of rotatable bonds is 33. The Morgan fingerprint density at radius 2 is 1.20 bits per heavy atom. The number of hydrogen-bond acceptors (Lipinski definition) is 15. The van der Waals surface area contributed by atoms with Crippen LogP contribution in [0.5, 0.6) is 5.75 Å². The lowest BCUT2D eigenvalue weighted by Gasteiger charge is -2.30. The fourth-order valence-corrected chi connectivity index (χ4v) is 7.05. The number of benzene rings is 1. The summed E-state index contributed by atoms with van der Waals surface area (Å²) in [6.45, 7) is 8.85. The first-order chi connectivity index (χ1) is 33.1. The predicted molar refractivity (Wildman–Crippen MR) is 260 cm³/mol. The van der Waals surface area contributed by atoms with Crippen LogP contribution in [0.2, 0.25) is 0 Å². The van der Waals surface area contributed by atoms with Crippen LogP contribution in [0, 0.1) is 11.8 Å². The van der Waals surface area contributed by atoms with E-state index in [2.05, 4.69) is 46.7 Å². The molecule has 1 aromatic carbocycles. The van der Waals surface area contributed by atoms with Crippen molar-refractivity contribution in [2.75, 3.05) is 19.7 Å². The Morgan fingerprint density at radius 3 is 1.72 bits per heavy atom. The molecule has 0 unspecified atom stereocenters. The molecule has 402 valence electrons. The molecule has 0 aliphatic rings. The van der Waals surface area contributed by atoms with Gasteiger partial charge in [-0.15, -0.1) is 0 Å². The number of guanidine groups is 1. The predicted octanol–water partition coefficient (Wildman–Crippen LogP) is -4.43. The molecule has 0 saturated carbocycles. The summed E-state index contributed by atoms with van der Waals surface area (Å²) in [5.74, 6) is -8.36. The van der Waals surface area contributed by atoms with Crippen LogP contribution >= 0.6 is 7.82 Å². The number of carbonyl (C=O) groups is 8. The fourth-order valence-electron chi connectivity index (χ4n) is 6.65. The van der Waals surface area contributed by atoms with Crippen molar-refractivity contribution >= 4 is 61.0 Å². The molecule has 0 aromatic heterocycles. The zero-order chi connectivity index (χ0) is 54.2. The Hall–Kier alpha value is -5.96. The summed E-state index contributed by atoms with van der Waals surface area (Å²) in [4.78, 5) is 129. The third-order valence-corrected chi connectivity index (χ3v) is 11.4. The molecule has 0 fully saturated rings. The highest BCUT2D eigenvalue weighted by Crippen LogP contribution is 2.37. The molecular formula is C43H76N13O14P. The normalized spacial score (nSPS) is 15.6. The zero-order valence-electron chi connectivity index (χ0n) is 41.1. The highest BCUT2D eigenvalue weighted by molar-refractivity contribution is 7.46. The number of nitrogens with one attached hydrogen (secondary N) is 7. The van der Waals surface area contributed by atoms with E-state index in [1.54, 1.807) is 27.7 Å². The molecule has 27 nitrogen and oxygen atoms in total. The number of aliphatic hydroxyl groups excluding tert-OH is 2. The lowest BCUT2D eigenvalue weighted by Crippen LogP contribution is -2.63. The van der Waals surface area contributed by atoms with Gasteiger partial charge in [-0.2, -0.15) is 0 Å². The second-order valence-corrected chi connectivity index (χ2v) is 18.7. The minimum Gasteiger partial charge on any atom is -0.404 e. The molecule has 1 rings (SSSR count). The van der Waals surface area contributed by atoms with Crippen LogP contribution in [0.1, 0.15) is 92.1 Å². The molecule has 71 heavy (non-hydrogen) atoms. The monoisotopic (exact) mass is 1030 g/mol. The SMILES string of the molecule is CC[C@H](C)[C@H](NC(=O)[C@@H](NC(=O)[C@H](CC(C)C)NC(=O)[C@H](CO)NC(=O)[C@H](CCCCN)NC(=O)[C@@H](N)CCCN=C(N)N)[C@@H](C)O)C(=O)N[C@@H](Cc1ccc(OP(=O)(O)O)cc1)C(=O)N[C@@H](C)C(N)=O. The molecule has 0 aliphatic carbocycles. The number of aliphatic imine (C=N–C) groups is 1. The third kappa shape index (κ3) is 24.1. The number of nitrogens with zero attached hydrogens (tertiary/aromatic N) is 1. The average Bonchev–Trinajstić information content (AvgIpc) is 3.28. The van der Waals surface area contributed by atoms with Gasteiger partial charge in [0.1, 0.15) is 48.0 Å². The van der Waals surface area contributed by atoms with Crippen LogP contribution in [0.4, 0.5) is 0 Å². The van der Waals surface area contributed by atoms with Crippen molar-refractivity contribution in [1.29, 1.82) is 0 Å². The van der Waals surface area contributed by atoms with Gasteiger partial charge in [0.15, 0.2) is 5.96 Å². The van der Waals surface area contributed by atoms with Gasteiger partial charge in [0.05, 0.1) is 18.8 Å². The van der Waals surface area contributed by atoms with Crippen LogP contribution in [0.3, 0.4) is 0 Å². The Balaban J connectivity index is 3.34. The topological polar surface area (TPSA) is 470 Å². The standard InChI is InChI=1S/C43H76N13O14P/c1-7-23(4)33(41(65)53-31(38(62)50-24(5)35(46)59)20-26-13-15-27(16-14-26)70-71(67,68)69)55-42(66)34(25(6)58)56-39(63)30(19-22(2)3)52-40(64)32(21-57)54-37(61)29(12-8-9-17-44)51-36(60)28(45)11-10-18-49-43(47)48/h13-16,22-25,28-34,57-58H,7-12,17-21,44-45H2,1-6H3,(H2,46,59)(H,50,62)(H,51,60)(H,52,64)(H,53,65)(H,54,61)(H,55,66)(H,56,63)(H4,47,48,49)(H2,67,68,69)/t23-,24-,25+,28-,29-,30-,31-,32-,33-,34-/m0/s1. The quantitative estimate of drug-likeness (QED) is 0.0137. The number of phosphoric acid groups is 1. The first-order valence-corrected chi connectivity index (χ1v) is 24.7. The summed E-state index contributed by atoms with van der Waals surface area (Å²) in [6, 6.07) is -5.83. The van der Waals surface area contributed by atoms with Crippen molar-refractivity contribution in [3.8, 4) is 5.75 Å². The number of hydrogen-bond donors (Lipinski definition) is 16. The Morgan fingerprint density at radius 1 is 0.676 bits per heavy atom. The van der Waals surface area contributed by atoms with E-state index in [0.717, 1.165) is 0 Å². The van der Waals surface area contributed by atoms with Crippen molar-refractivity contribution in [3.63, 3.8) is 0 Å². The molecule has 1 aromatic rings. The summed E-state index contributed by atoms with van der Waals surface area (Å²) in [7, 11) is -4.89. The molecule has 0 spiro atoms. The van der Waals surface area contributed by atoms with Gasteiger partial charge >= 0.3 is 7.82 Å². The zero-order valence-corrected chi connectivity index (χ0v) is 42.0. The number of unbranched alkanes of at least 4 members (excludes halogenated alkanes) is 1. The summed E-state index contributed by atoms with van der Waals surface area (Å²) in [5.41, 5.74) is 28.0. The Kier molecular flexibility index (Phi) is 27.9. The van der Waals surface area contributed by atoms with Gasteiger partial charge in [-0.05, 0) is 88.4 Å². The van der Waals surface area contributed by atoms with E-state index in [9.17, 15) is 53.1 Å². The van der Waals surface area contributed by atoms with Gasteiger partial charge in [-0.25, -0.2) is 4.57 Å². The molecular weight excluding hydrogens is 954 g/mol. The second kappa shape index (κ2) is 31.4. The minimum atomic E-state index is -4.89. The van der Waals surface area contributed by atoms with Crippen LogP contribution in [-0.2, 0) is 49.3 Å². The maximum Gasteiger partial charge on any atom is 0.524 e. The maximum absolute atomic E-state index is 14.0. The number of amides is 8. The third-order valence-electron chi connectivity index (χ3n) is 10.9. The lowest BCUT2D eigenvalue weighted by molar-refractivity contribution is -0.138. The molecule has 0 radical (unpaired) electrons. The second-order valence-electron chi connectivity index (χ2n) is 17.6. The molecule has 21 N–H and O–H groups in total. The van der Waals surface area contributed by atoms with Crippen molar-refractivity contribution in [1.82, 2.24) is 37.2 Å². The lowest BCUT2D eigenvalue weighted by atomic mass is 9.96. The van der Waals surface area contributed by atoms with Crippen LogP contribution in [0.15, 0.2) is 29.3 Å². The number of primary amides is 1. The molecule has 0 bridgehead atoms. The van der Waals surface area contributed by atoms with Crippen LogP contribution < -0.4 is 70.4 Å². The molecule has 8 amide bonds. The summed E-state index contributed by atoms with van der Waals surface area (Å²) >= 11 is 0. The van der Waals surface area contributed by atoms with Crippen LogP contribution in [-0.4, -0.2) is 147 Å². The van der Waals surface area contributed by atoms with E-state index in [-0.39, 0.29) is 49.9 Å². The number of nitrogens with two attached hydrogens (primary N) is 5. The number of phosphoric ester groups is 1. The average molecular weight is 1030 g/mol. The number of carbonyl (C=O) groups excluding carboxylic acids is 8. The van der Waals surface area contributed by atoms with Gasteiger partial charge in [0.2, 0.25) is 47.3 Å². The fraction of sp³-hybridized carbons (Fsp3) is 0.651. The van der Waals surface area contributed by atoms with Gasteiger partial charge in [-0.3, -0.25) is 53.1 Å². The van der Waals surface area contributed by atoms with Gasteiger partial charge < -0.3 is 80.6 Å². The maximum atomic E-state index is 14.0. The summed E-state index contributed by atoms with van der Waals surface area (Å²) in [5, 5.41) is 38.4. The van der Waals surface area contributed by atoms with E-state index in [0.29, 0.717) is 37.8 Å². The summed E-state index contributed by atoms with van der Waals surface area (Å²) in [6.07, 6.45) is -0.0420. The molecule has 28 heteroatoms. The Labute approximate surface area is 413 Å². The Bertz CT molecular complexity index is 2000. The van der Waals surface area contributed by atoms with Crippen molar-refractivity contribution in [2.24, 2.45) is 45.5 Å². The van der Waals surface area contributed by atoms with Crippen LogP contribution in [0.25, 0.3) is 0 Å². The van der Waals surface area contributed by atoms with E-state index < -0.39 is 122 Å². The minimum absolute atomic E-state index is 0.0359. The van der Waals surface area contributed by atoms with Gasteiger partial charge in [-0.1, -0.05) is 46.2 Å². The first-order valence-electron chi connectivity index (χ1n) is 23.2. The van der Waals surface area contributed by atoms with E-state index in [1.807, 2.05) is 0 Å². The van der Waals surface area contributed by atoms with E-state index >= 15 is 0 Å². The molecule has 10 atom stereocenters. The smallest absolute Gasteiger partial charge is 0.404 e. The highest BCUT2D eigenvalue weighted by atomic mass is 31.2. The summed E-state index contributed by atoms with van der Waals surface area (Å²) < 4.78 is 15.8. The van der Waals surface area contributed by atoms with Crippen molar-refractivity contribution in [2.45, 2.75) is 147 Å². The molecule has 0 saturated heterocycles. The number of aliphatic hydroxyl groups is 2. The van der Waals surface area contributed by atoms with Gasteiger partial charge in [0.25, 0.3) is 0 Å². The molecule has 0 heterocycles. The molecule has 0 aliphatic heterocycles. The first kappa shape index (κ1) is 63.1. The highest BCUT2D eigenvalue weighted by Gasteiger charge is 2.37. The largest absolute Gasteiger partial charge is 0.524 e. The van der Waals surface area contributed by atoms with Crippen molar-refractivity contribution < 1.29 is 67.4 Å². The van der Waals surface area contributed by atoms with Crippen molar-refractivity contribution in [3.05, 3.63) is 29.8 Å². The van der Waals surface area contributed by atoms with E-state index in [4.69, 9.17) is 38.5 Å². The van der Waals surface area contributed by atoms with E-state index in [1.165, 1.54) is 38.1 Å².